The van der Waals surface area contributed by atoms with Crippen LogP contribution in [0.15, 0.2) is 52.0 Å². The second kappa shape index (κ2) is 6.90. The Kier molecular flexibility index (Phi) is 5.20. The first-order valence-electron chi connectivity index (χ1n) is 6.10. The molecule has 0 fully saturated rings. The molecule has 2 rings (SSSR count). The van der Waals surface area contributed by atoms with Gasteiger partial charge < -0.3 is 4.90 Å². The van der Waals surface area contributed by atoms with Gasteiger partial charge in [0.05, 0.1) is 0 Å². The topological polar surface area (TPSA) is 33.2 Å². The highest BCUT2D eigenvalue weighted by Crippen LogP contribution is 2.18. The number of benzene rings is 1. The molecule has 0 saturated heterocycles. The lowest BCUT2D eigenvalue weighted by atomic mass is 10.2. The van der Waals surface area contributed by atoms with Crippen LogP contribution in [0, 0.1) is 0 Å². The van der Waals surface area contributed by atoms with Crippen LogP contribution < -0.4 is 0 Å². The Morgan fingerprint density at radius 3 is 2.60 bits per heavy atom. The van der Waals surface area contributed by atoms with Crippen LogP contribution >= 0.6 is 27.7 Å². The Morgan fingerprint density at radius 2 is 2.00 bits per heavy atom. The number of aromatic nitrogens is 1. The molecule has 0 aliphatic carbocycles. The molecular formula is C15H15BrN2OS. The molecular weight excluding hydrogens is 336 g/mol. The van der Waals surface area contributed by atoms with Crippen molar-refractivity contribution in [3.63, 3.8) is 0 Å². The molecule has 0 N–H and O–H groups in total. The van der Waals surface area contributed by atoms with Crippen molar-refractivity contribution in [3.8, 4) is 0 Å². The van der Waals surface area contributed by atoms with Gasteiger partial charge in [0, 0.05) is 29.2 Å². The standard InChI is InChI=1S/C15H15BrN2OS/c1-18(10-11-5-7-12(20-2)8-6-11)15(19)14-13(16)4-3-9-17-14/h3-9H,10H2,1-2H3. The van der Waals surface area contributed by atoms with Gasteiger partial charge in [-0.15, -0.1) is 11.8 Å². The zero-order valence-corrected chi connectivity index (χ0v) is 13.7. The van der Waals surface area contributed by atoms with Gasteiger partial charge in [-0.05, 0) is 52.0 Å². The number of nitrogens with zero attached hydrogens (tertiary/aromatic N) is 2. The lowest BCUT2D eigenvalue weighted by molar-refractivity contribution is 0.0778. The van der Waals surface area contributed by atoms with Gasteiger partial charge in [-0.1, -0.05) is 12.1 Å². The first-order chi connectivity index (χ1) is 9.61. The highest BCUT2D eigenvalue weighted by molar-refractivity contribution is 9.10. The van der Waals surface area contributed by atoms with Crippen LogP contribution in [0.3, 0.4) is 0 Å². The minimum Gasteiger partial charge on any atom is -0.336 e. The van der Waals surface area contributed by atoms with Gasteiger partial charge in [0.15, 0.2) is 0 Å². The zero-order chi connectivity index (χ0) is 14.5. The molecule has 1 heterocycles. The molecule has 0 atom stereocenters. The predicted molar refractivity (Wildman–Crippen MR) is 86.0 cm³/mol. The summed E-state index contributed by atoms with van der Waals surface area (Å²) in [7, 11) is 1.78. The van der Waals surface area contributed by atoms with Gasteiger partial charge in [-0.2, -0.15) is 0 Å². The van der Waals surface area contributed by atoms with Crippen molar-refractivity contribution < 1.29 is 4.79 Å². The molecule has 0 unspecified atom stereocenters. The fourth-order valence-corrected chi connectivity index (χ4v) is 2.63. The second-order valence-electron chi connectivity index (χ2n) is 4.34. The summed E-state index contributed by atoms with van der Waals surface area (Å²) in [6, 6.07) is 11.8. The summed E-state index contributed by atoms with van der Waals surface area (Å²) in [5.74, 6) is -0.0913. The highest BCUT2D eigenvalue weighted by Gasteiger charge is 2.16. The Labute approximate surface area is 131 Å². The van der Waals surface area contributed by atoms with Gasteiger partial charge in [0.2, 0.25) is 0 Å². The van der Waals surface area contributed by atoms with Crippen LogP contribution in [0.1, 0.15) is 16.1 Å². The summed E-state index contributed by atoms with van der Waals surface area (Å²) in [6.07, 6.45) is 3.67. The summed E-state index contributed by atoms with van der Waals surface area (Å²) < 4.78 is 0.717. The van der Waals surface area contributed by atoms with E-state index in [1.807, 2.05) is 24.5 Å². The van der Waals surface area contributed by atoms with Crippen molar-refractivity contribution in [1.82, 2.24) is 9.88 Å². The fourth-order valence-electron chi connectivity index (χ4n) is 1.80. The Morgan fingerprint density at radius 1 is 1.30 bits per heavy atom. The molecule has 1 aromatic heterocycles. The third kappa shape index (κ3) is 3.61. The largest absolute Gasteiger partial charge is 0.336 e. The minimum absolute atomic E-state index is 0.0913. The van der Waals surface area contributed by atoms with E-state index in [4.69, 9.17) is 0 Å². The molecule has 0 aliphatic rings. The van der Waals surface area contributed by atoms with E-state index in [0.717, 1.165) is 10.0 Å². The van der Waals surface area contributed by atoms with E-state index in [-0.39, 0.29) is 5.91 Å². The minimum atomic E-state index is -0.0913. The first-order valence-corrected chi connectivity index (χ1v) is 8.12. The Hall–Kier alpha value is -1.33. The molecule has 5 heteroatoms. The highest BCUT2D eigenvalue weighted by atomic mass is 79.9. The lowest BCUT2D eigenvalue weighted by Crippen LogP contribution is -2.27. The Balaban J connectivity index is 2.09. The van der Waals surface area contributed by atoms with Crippen LogP contribution in [0.25, 0.3) is 0 Å². The maximum Gasteiger partial charge on any atom is 0.273 e. The number of pyridine rings is 1. The van der Waals surface area contributed by atoms with Crippen LogP contribution in [0.4, 0.5) is 0 Å². The number of hydrogen-bond acceptors (Lipinski definition) is 3. The fraction of sp³-hybridized carbons (Fsp3) is 0.200. The molecule has 0 spiro atoms. The Bertz CT molecular complexity index is 601. The number of carbonyl (C=O) groups is 1. The first kappa shape index (κ1) is 15.1. The molecule has 1 aromatic carbocycles. The van der Waals surface area contributed by atoms with Gasteiger partial charge in [0.1, 0.15) is 5.69 Å². The van der Waals surface area contributed by atoms with Crippen LogP contribution in [0.5, 0.6) is 0 Å². The number of amides is 1. The average molecular weight is 351 g/mol. The predicted octanol–water partition coefficient (Wildman–Crippen LogP) is 3.84. The number of hydrogen-bond donors (Lipinski definition) is 0. The third-order valence-electron chi connectivity index (χ3n) is 2.89. The van der Waals surface area contributed by atoms with Gasteiger partial charge in [-0.25, -0.2) is 4.98 Å². The SMILES string of the molecule is CSc1ccc(CN(C)C(=O)c2ncccc2Br)cc1. The molecule has 104 valence electrons. The van der Waals surface area contributed by atoms with Crippen molar-refractivity contribution in [2.75, 3.05) is 13.3 Å². The van der Waals surface area contributed by atoms with Crippen molar-refractivity contribution in [2.24, 2.45) is 0 Å². The number of carbonyl (C=O) groups excluding carboxylic acids is 1. The van der Waals surface area contributed by atoms with Crippen LogP contribution in [-0.4, -0.2) is 29.1 Å². The summed E-state index contributed by atoms with van der Waals surface area (Å²) >= 11 is 5.06. The maximum atomic E-state index is 12.3. The van der Waals surface area contributed by atoms with Crippen molar-refractivity contribution >= 4 is 33.6 Å². The molecule has 0 bridgehead atoms. The summed E-state index contributed by atoms with van der Waals surface area (Å²) in [4.78, 5) is 19.3. The molecule has 0 saturated carbocycles. The van der Waals surface area contributed by atoms with E-state index in [1.54, 1.807) is 36.0 Å². The quantitative estimate of drug-likeness (QED) is 0.785. The molecule has 0 radical (unpaired) electrons. The average Bonchev–Trinajstić information content (AvgIpc) is 2.48. The van der Waals surface area contributed by atoms with Gasteiger partial charge in [-0.3, -0.25) is 4.79 Å². The third-order valence-corrected chi connectivity index (χ3v) is 4.27. The smallest absolute Gasteiger partial charge is 0.273 e. The molecule has 0 aliphatic heterocycles. The van der Waals surface area contributed by atoms with Gasteiger partial charge in [0.25, 0.3) is 5.91 Å². The van der Waals surface area contributed by atoms with E-state index in [2.05, 4.69) is 33.0 Å². The van der Waals surface area contributed by atoms with Gasteiger partial charge >= 0.3 is 0 Å². The summed E-state index contributed by atoms with van der Waals surface area (Å²) in [5.41, 5.74) is 1.54. The van der Waals surface area contributed by atoms with Crippen molar-refractivity contribution in [1.29, 1.82) is 0 Å². The van der Waals surface area contributed by atoms with E-state index in [9.17, 15) is 4.79 Å². The number of thioether (sulfide) groups is 1. The number of halogens is 1. The monoisotopic (exact) mass is 350 g/mol. The summed E-state index contributed by atoms with van der Waals surface area (Å²) in [5, 5.41) is 0. The maximum absolute atomic E-state index is 12.3. The molecule has 1 amide bonds. The van der Waals surface area contributed by atoms with E-state index in [1.165, 1.54) is 4.90 Å². The van der Waals surface area contributed by atoms with E-state index >= 15 is 0 Å². The number of rotatable bonds is 4. The molecule has 2 aromatic rings. The second-order valence-corrected chi connectivity index (χ2v) is 6.08. The van der Waals surface area contributed by atoms with Crippen LogP contribution in [0.2, 0.25) is 0 Å². The normalized spacial score (nSPS) is 10.3. The van der Waals surface area contributed by atoms with Crippen molar-refractivity contribution in [2.45, 2.75) is 11.4 Å². The zero-order valence-electron chi connectivity index (χ0n) is 11.3. The molecule has 3 nitrogen and oxygen atoms in total. The lowest BCUT2D eigenvalue weighted by Gasteiger charge is -2.17. The summed E-state index contributed by atoms with van der Waals surface area (Å²) in [6.45, 7) is 0.566. The van der Waals surface area contributed by atoms with Crippen LogP contribution in [-0.2, 0) is 6.54 Å². The molecule has 20 heavy (non-hydrogen) atoms. The van der Waals surface area contributed by atoms with Crippen molar-refractivity contribution in [3.05, 3.63) is 58.3 Å². The van der Waals surface area contributed by atoms with E-state index in [0.29, 0.717) is 12.2 Å². The van der Waals surface area contributed by atoms with E-state index < -0.39 is 0 Å².